The molecule has 0 unspecified atom stereocenters. The van der Waals surface area contributed by atoms with E-state index in [1.807, 2.05) is 11.0 Å². The molecule has 0 saturated heterocycles. The number of hydrogen-bond acceptors (Lipinski definition) is 2. The van der Waals surface area contributed by atoms with Gasteiger partial charge in [0.05, 0.1) is 6.04 Å². The quantitative estimate of drug-likeness (QED) is 0.602. The molecule has 0 aromatic heterocycles. The monoisotopic (exact) mass is 200 g/mol. The number of benzene rings is 1. The highest BCUT2D eigenvalue weighted by atomic mass is 15.2. The van der Waals surface area contributed by atoms with Gasteiger partial charge in [0.15, 0.2) is 6.19 Å². The van der Waals surface area contributed by atoms with Crippen molar-refractivity contribution in [2.24, 2.45) is 0 Å². The first-order chi connectivity index (χ1) is 7.06. The molecule has 0 spiro atoms. The Labute approximate surface area is 91.1 Å². The molecule has 0 radical (unpaired) electrons. The highest BCUT2D eigenvalue weighted by Crippen LogP contribution is 2.38. The van der Waals surface area contributed by atoms with Crippen LogP contribution in [0, 0.1) is 11.5 Å². The molecule has 0 saturated carbocycles. The fourth-order valence-electron chi connectivity index (χ4n) is 2.42. The Kier molecular flexibility index (Phi) is 2.19. The normalized spacial score (nSPS) is 23.1. The highest BCUT2D eigenvalue weighted by molar-refractivity contribution is 5.38. The van der Waals surface area contributed by atoms with E-state index in [2.05, 4.69) is 45.2 Å². The molecule has 2 nitrogen and oxygen atoms in total. The molecule has 0 bridgehead atoms. The maximum absolute atomic E-state index is 9.10. The lowest BCUT2D eigenvalue weighted by Crippen LogP contribution is -2.41. The van der Waals surface area contributed by atoms with E-state index in [-0.39, 0.29) is 11.5 Å². The third-order valence-electron chi connectivity index (χ3n) is 3.30. The molecule has 1 aromatic rings. The van der Waals surface area contributed by atoms with Gasteiger partial charge in [0, 0.05) is 12.0 Å². The standard InChI is InChI=1S/C13H16N2/c1-10-11-6-4-5-7-12(11)13(2,3)8-15(10)9-14/h4-7,10H,8H2,1-3H3/t10-/m0/s1. The summed E-state index contributed by atoms with van der Waals surface area (Å²) in [5, 5.41) is 9.10. The van der Waals surface area contributed by atoms with Gasteiger partial charge in [-0.15, -0.1) is 0 Å². The third-order valence-corrected chi connectivity index (χ3v) is 3.30. The number of fused-ring (bicyclic) bond motifs is 1. The van der Waals surface area contributed by atoms with Crippen molar-refractivity contribution < 1.29 is 0 Å². The minimum Gasteiger partial charge on any atom is -0.303 e. The second-order valence-electron chi connectivity index (χ2n) is 4.88. The number of hydrogen-bond donors (Lipinski definition) is 0. The van der Waals surface area contributed by atoms with Crippen LogP contribution >= 0.6 is 0 Å². The van der Waals surface area contributed by atoms with Gasteiger partial charge in [-0.05, 0) is 18.1 Å². The molecular formula is C13H16N2. The average molecular weight is 200 g/mol. The molecule has 1 heterocycles. The Balaban J connectivity index is 2.56. The van der Waals surface area contributed by atoms with Crippen LogP contribution in [0.15, 0.2) is 24.3 Å². The minimum absolute atomic E-state index is 0.0683. The summed E-state index contributed by atoms with van der Waals surface area (Å²) >= 11 is 0. The largest absolute Gasteiger partial charge is 0.303 e. The molecule has 15 heavy (non-hydrogen) atoms. The van der Waals surface area contributed by atoms with Gasteiger partial charge in [-0.25, -0.2) is 0 Å². The molecule has 1 aliphatic rings. The van der Waals surface area contributed by atoms with Gasteiger partial charge in [0.25, 0.3) is 0 Å². The van der Waals surface area contributed by atoms with Crippen molar-refractivity contribution in [3.63, 3.8) is 0 Å². The van der Waals surface area contributed by atoms with Gasteiger partial charge in [0.2, 0.25) is 0 Å². The second kappa shape index (κ2) is 3.27. The van der Waals surface area contributed by atoms with E-state index in [0.29, 0.717) is 0 Å². The molecule has 2 heteroatoms. The number of nitrogens with zero attached hydrogens (tertiary/aromatic N) is 2. The van der Waals surface area contributed by atoms with Crippen molar-refractivity contribution in [1.29, 1.82) is 5.26 Å². The van der Waals surface area contributed by atoms with Crippen LogP contribution in [-0.4, -0.2) is 11.4 Å². The summed E-state index contributed by atoms with van der Waals surface area (Å²) in [4.78, 5) is 1.86. The fourth-order valence-corrected chi connectivity index (χ4v) is 2.42. The summed E-state index contributed by atoms with van der Waals surface area (Å²) in [7, 11) is 0. The smallest absolute Gasteiger partial charge is 0.179 e. The molecule has 1 aliphatic heterocycles. The van der Waals surface area contributed by atoms with Crippen LogP contribution in [0.2, 0.25) is 0 Å². The van der Waals surface area contributed by atoms with Crippen molar-refractivity contribution in [1.82, 2.24) is 4.90 Å². The molecule has 0 fully saturated rings. The molecule has 78 valence electrons. The summed E-state index contributed by atoms with van der Waals surface area (Å²) in [5.41, 5.74) is 2.73. The molecule has 1 aromatic carbocycles. The van der Waals surface area contributed by atoms with Gasteiger partial charge in [-0.3, -0.25) is 0 Å². The third kappa shape index (κ3) is 1.48. The Bertz CT molecular complexity index is 415. The lowest BCUT2D eigenvalue weighted by Gasteiger charge is -2.41. The van der Waals surface area contributed by atoms with E-state index in [1.165, 1.54) is 11.1 Å². The lowest BCUT2D eigenvalue weighted by molar-refractivity contribution is 0.226. The molecule has 2 rings (SSSR count). The van der Waals surface area contributed by atoms with E-state index in [4.69, 9.17) is 5.26 Å². The van der Waals surface area contributed by atoms with Gasteiger partial charge < -0.3 is 4.90 Å². The lowest BCUT2D eigenvalue weighted by atomic mass is 9.76. The summed E-state index contributed by atoms with van der Waals surface area (Å²) in [6, 6.07) is 8.65. The van der Waals surface area contributed by atoms with Crippen molar-refractivity contribution in [3.8, 4) is 6.19 Å². The van der Waals surface area contributed by atoms with Crippen molar-refractivity contribution >= 4 is 0 Å². The highest BCUT2D eigenvalue weighted by Gasteiger charge is 2.34. The average Bonchev–Trinajstić information content (AvgIpc) is 2.24. The summed E-state index contributed by atoms with van der Waals surface area (Å²) in [6.07, 6.45) is 2.28. The molecule has 0 aliphatic carbocycles. The van der Waals surface area contributed by atoms with Crippen LogP contribution in [-0.2, 0) is 5.41 Å². The van der Waals surface area contributed by atoms with Gasteiger partial charge in [-0.2, -0.15) is 5.26 Å². The summed E-state index contributed by atoms with van der Waals surface area (Å²) < 4.78 is 0. The zero-order chi connectivity index (χ0) is 11.1. The zero-order valence-corrected chi connectivity index (χ0v) is 9.49. The van der Waals surface area contributed by atoms with Crippen LogP contribution in [0.4, 0.5) is 0 Å². The Morgan fingerprint density at radius 3 is 2.73 bits per heavy atom. The Morgan fingerprint density at radius 2 is 2.07 bits per heavy atom. The Hall–Kier alpha value is -1.49. The maximum Gasteiger partial charge on any atom is 0.179 e. The van der Waals surface area contributed by atoms with E-state index >= 15 is 0 Å². The molecule has 1 atom stereocenters. The van der Waals surface area contributed by atoms with Crippen molar-refractivity contribution in [3.05, 3.63) is 35.4 Å². The second-order valence-corrected chi connectivity index (χ2v) is 4.88. The molecule has 0 N–H and O–H groups in total. The molecular weight excluding hydrogens is 184 g/mol. The first-order valence-electron chi connectivity index (χ1n) is 5.32. The van der Waals surface area contributed by atoms with Crippen LogP contribution in [0.25, 0.3) is 0 Å². The topological polar surface area (TPSA) is 27.0 Å². The minimum atomic E-state index is 0.0683. The van der Waals surface area contributed by atoms with E-state index < -0.39 is 0 Å². The van der Waals surface area contributed by atoms with Crippen LogP contribution < -0.4 is 0 Å². The Morgan fingerprint density at radius 1 is 1.40 bits per heavy atom. The fraction of sp³-hybridized carbons (Fsp3) is 0.462. The summed E-state index contributed by atoms with van der Waals surface area (Å²) in [5.74, 6) is 0. The van der Waals surface area contributed by atoms with E-state index in [9.17, 15) is 0 Å². The van der Waals surface area contributed by atoms with Crippen LogP contribution in [0.5, 0.6) is 0 Å². The predicted molar refractivity (Wildman–Crippen MR) is 60.2 cm³/mol. The zero-order valence-electron chi connectivity index (χ0n) is 9.49. The van der Waals surface area contributed by atoms with Gasteiger partial charge in [-0.1, -0.05) is 38.1 Å². The predicted octanol–water partition coefficient (Wildman–Crippen LogP) is 2.82. The SMILES string of the molecule is C[C@H]1c2ccccc2C(C)(C)CN1C#N. The van der Waals surface area contributed by atoms with Crippen molar-refractivity contribution in [2.75, 3.05) is 6.54 Å². The first-order valence-corrected chi connectivity index (χ1v) is 5.32. The first kappa shape index (κ1) is 10.0. The maximum atomic E-state index is 9.10. The van der Waals surface area contributed by atoms with Gasteiger partial charge in [0.1, 0.15) is 0 Å². The van der Waals surface area contributed by atoms with E-state index in [0.717, 1.165) is 6.54 Å². The number of rotatable bonds is 0. The van der Waals surface area contributed by atoms with Crippen molar-refractivity contribution in [2.45, 2.75) is 32.2 Å². The number of nitriles is 1. The van der Waals surface area contributed by atoms with Crippen LogP contribution in [0.1, 0.15) is 37.9 Å². The van der Waals surface area contributed by atoms with Gasteiger partial charge >= 0.3 is 0 Å². The summed E-state index contributed by atoms with van der Waals surface area (Å²) in [6.45, 7) is 7.29. The van der Waals surface area contributed by atoms with Crippen LogP contribution in [0.3, 0.4) is 0 Å². The van der Waals surface area contributed by atoms with E-state index in [1.54, 1.807) is 0 Å². The molecule has 0 amide bonds.